The van der Waals surface area contributed by atoms with Crippen LogP contribution in [0.5, 0.6) is 0 Å². The number of nitrogens with one attached hydrogen (secondary N) is 1. The minimum absolute atomic E-state index is 0.130. The molecule has 1 aromatic heterocycles. The van der Waals surface area contributed by atoms with Crippen molar-refractivity contribution in [3.8, 4) is 5.69 Å². The molecule has 35 heavy (non-hydrogen) atoms. The number of para-hydroxylation sites is 1. The number of rotatable bonds is 6. The molecule has 178 valence electrons. The van der Waals surface area contributed by atoms with Crippen LogP contribution < -0.4 is 10.9 Å². The number of halogens is 1. The first-order valence-electron chi connectivity index (χ1n) is 10.6. The first kappa shape index (κ1) is 24.1. The predicted octanol–water partition coefficient (Wildman–Crippen LogP) is 5.09. The maximum Gasteiger partial charge on any atom is 0.293 e. The van der Waals surface area contributed by atoms with E-state index in [-0.39, 0.29) is 28.0 Å². The fraction of sp³-hybridized carbons (Fsp3) is 0.160. The van der Waals surface area contributed by atoms with Crippen LogP contribution in [0.3, 0.4) is 0 Å². The number of hydrogen-bond acceptors (Lipinski definition) is 6. The van der Waals surface area contributed by atoms with Crippen molar-refractivity contribution in [1.29, 1.82) is 0 Å². The average Bonchev–Trinajstić information content (AvgIpc) is 2.82. The Balaban J connectivity index is 1.70. The molecule has 3 aromatic carbocycles. The van der Waals surface area contributed by atoms with Gasteiger partial charge in [0.25, 0.3) is 11.2 Å². The third-order valence-corrected chi connectivity index (χ3v) is 6.60. The molecule has 1 N–H and O–H groups in total. The zero-order chi connectivity index (χ0) is 25.3. The number of amides is 1. The summed E-state index contributed by atoms with van der Waals surface area (Å²) in [6.45, 7) is 5.11. The molecule has 4 rings (SSSR count). The van der Waals surface area contributed by atoms with Crippen molar-refractivity contribution in [2.75, 3.05) is 11.1 Å². The zero-order valence-corrected chi connectivity index (χ0v) is 20.0. The monoisotopic (exact) mass is 492 g/mol. The van der Waals surface area contributed by atoms with E-state index in [9.17, 15) is 24.1 Å². The van der Waals surface area contributed by atoms with Gasteiger partial charge >= 0.3 is 0 Å². The van der Waals surface area contributed by atoms with Crippen LogP contribution in [0.4, 0.5) is 15.8 Å². The summed E-state index contributed by atoms with van der Waals surface area (Å²) in [6, 6.07) is 14.2. The van der Waals surface area contributed by atoms with E-state index in [1.54, 1.807) is 63.2 Å². The second-order valence-corrected chi connectivity index (χ2v) is 8.92. The van der Waals surface area contributed by atoms with Crippen LogP contribution in [-0.2, 0) is 4.79 Å². The molecule has 0 fully saturated rings. The number of benzene rings is 3. The van der Waals surface area contributed by atoms with E-state index in [2.05, 4.69) is 10.3 Å². The van der Waals surface area contributed by atoms with Crippen molar-refractivity contribution in [1.82, 2.24) is 9.55 Å². The Kier molecular flexibility index (Phi) is 6.65. The van der Waals surface area contributed by atoms with Crippen molar-refractivity contribution < 1.29 is 14.1 Å². The van der Waals surface area contributed by atoms with Crippen molar-refractivity contribution in [2.45, 2.75) is 25.9 Å². The first-order chi connectivity index (χ1) is 16.7. The molecule has 0 aliphatic heterocycles. The van der Waals surface area contributed by atoms with E-state index in [0.717, 1.165) is 17.3 Å². The lowest BCUT2D eigenvalue weighted by atomic mass is 10.1. The minimum Gasteiger partial charge on any atom is -0.319 e. The van der Waals surface area contributed by atoms with Crippen molar-refractivity contribution >= 4 is 39.9 Å². The molecule has 4 aromatic rings. The summed E-state index contributed by atoms with van der Waals surface area (Å²) in [5.74, 6) is -1.15. The number of nitro benzene ring substituents is 1. The average molecular weight is 493 g/mol. The van der Waals surface area contributed by atoms with Gasteiger partial charge in [-0.15, -0.1) is 0 Å². The van der Waals surface area contributed by atoms with Crippen LogP contribution in [0.1, 0.15) is 16.7 Å². The quantitative estimate of drug-likeness (QED) is 0.174. The molecule has 8 nitrogen and oxygen atoms in total. The predicted molar refractivity (Wildman–Crippen MR) is 134 cm³/mol. The summed E-state index contributed by atoms with van der Waals surface area (Å²) < 4.78 is 15.6. The fourth-order valence-electron chi connectivity index (χ4n) is 3.57. The Morgan fingerprint density at radius 1 is 1.11 bits per heavy atom. The Labute approximate surface area is 204 Å². The molecule has 0 saturated carbocycles. The Morgan fingerprint density at radius 2 is 1.83 bits per heavy atom. The van der Waals surface area contributed by atoms with Gasteiger partial charge in [-0.05, 0) is 61.7 Å². The lowest BCUT2D eigenvalue weighted by Gasteiger charge is -2.14. The SMILES string of the molecule is Cc1ccc(-n2c(SCC(=O)Nc3c([N+](=O)[O-])ccc(C)c3C)nc3ccccc3c2=O)cc1F. The third kappa shape index (κ3) is 4.78. The number of nitrogens with zero attached hydrogens (tertiary/aromatic N) is 3. The Morgan fingerprint density at radius 3 is 2.54 bits per heavy atom. The molecular formula is C25H21FN4O4S. The first-order valence-corrected chi connectivity index (χ1v) is 11.6. The van der Waals surface area contributed by atoms with Gasteiger partial charge in [0.2, 0.25) is 5.91 Å². The highest BCUT2D eigenvalue weighted by Gasteiger charge is 2.21. The normalized spacial score (nSPS) is 11.0. The number of carbonyl (C=O) groups is 1. The molecule has 0 unspecified atom stereocenters. The Hall–Kier alpha value is -4.05. The van der Waals surface area contributed by atoms with E-state index in [1.807, 2.05) is 0 Å². The molecule has 0 aliphatic carbocycles. The van der Waals surface area contributed by atoms with E-state index >= 15 is 0 Å². The maximum atomic E-state index is 14.3. The van der Waals surface area contributed by atoms with Crippen LogP contribution in [-0.4, -0.2) is 26.1 Å². The zero-order valence-electron chi connectivity index (χ0n) is 19.2. The molecule has 0 radical (unpaired) electrons. The largest absolute Gasteiger partial charge is 0.319 e. The molecule has 1 heterocycles. The highest BCUT2D eigenvalue weighted by Crippen LogP contribution is 2.31. The summed E-state index contributed by atoms with van der Waals surface area (Å²) in [4.78, 5) is 41.5. The van der Waals surface area contributed by atoms with Gasteiger partial charge in [-0.1, -0.05) is 36.0 Å². The number of hydrogen-bond donors (Lipinski definition) is 1. The van der Waals surface area contributed by atoms with E-state index in [4.69, 9.17) is 0 Å². The molecule has 0 bridgehead atoms. The second-order valence-electron chi connectivity index (χ2n) is 7.98. The van der Waals surface area contributed by atoms with Crippen LogP contribution in [0.25, 0.3) is 16.6 Å². The number of fused-ring (bicyclic) bond motifs is 1. The van der Waals surface area contributed by atoms with Gasteiger partial charge < -0.3 is 5.32 Å². The molecule has 0 saturated heterocycles. The van der Waals surface area contributed by atoms with Gasteiger partial charge in [-0.25, -0.2) is 9.37 Å². The van der Waals surface area contributed by atoms with E-state index < -0.39 is 22.2 Å². The van der Waals surface area contributed by atoms with Gasteiger partial charge in [0.05, 0.1) is 27.3 Å². The highest BCUT2D eigenvalue weighted by molar-refractivity contribution is 7.99. The lowest BCUT2D eigenvalue weighted by molar-refractivity contribution is -0.384. The number of aryl methyl sites for hydroxylation is 2. The standard InChI is InChI=1S/C25H21FN4O4S/c1-14-9-11-21(30(33)34)23(16(14)3)28-22(31)13-35-25-27-20-7-5-4-6-18(20)24(32)29(25)17-10-8-15(2)19(26)12-17/h4-12H,13H2,1-3H3,(H,28,31). The summed E-state index contributed by atoms with van der Waals surface area (Å²) in [5, 5.41) is 14.6. The minimum atomic E-state index is -0.552. The fourth-order valence-corrected chi connectivity index (χ4v) is 4.39. The van der Waals surface area contributed by atoms with Crippen LogP contribution >= 0.6 is 11.8 Å². The number of thioether (sulfide) groups is 1. The lowest BCUT2D eigenvalue weighted by Crippen LogP contribution is -2.23. The van der Waals surface area contributed by atoms with E-state index in [0.29, 0.717) is 22.0 Å². The third-order valence-electron chi connectivity index (χ3n) is 5.67. The van der Waals surface area contributed by atoms with Crippen molar-refractivity contribution in [3.63, 3.8) is 0 Å². The van der Waals surface area contributed by atoms with Gasteiger partial charge in [0.1, 0.15) is 11.5 Å². The number of nitro groups is 1. The van der Waals surface area contributed by atoms with Crippen LogP contribution in [0.15, 0.2) is 64.5 Å². The molecule has 0 aliphatic rings. The number of carbonyl (C=O) groups excluding carboxylic acids is 1. The summed E-state index contributed by atoms with van der Waals surface area (Å²) in [5.41, 5.74) is 2.07. The van der Waals surface area contributed by atoms with Gasteiger partial charge in [0, 0.05) is 6.07 Å². The van der Waals surface area contributed by atoms with Gasteiger partial charge in [-0.3, -0.25) is 24.3 Å². The summed E-state index contributed by atoms with van der Waals surface area (Å²) in [6.07, 6.45) is 0. The topological polar surface area (TPSA) is 107 Å². The molecule has 0 spiro atoms. The molecule has 10 heteroatoms. The van der Waals surface area contributed by atoms with Crippen molar-refractivity contribution in [3.05, 3.63) is 97.6 Å². The number of anilines is 1. The summed E-state index contributed by atoms with van der Waals surface area (Å²) in [7, 11) is 0. The highest BCUT2D eigenvalue weighted by atomic mass is 32.2. The second kappa shape index (κ2) is 9.67. The Bertz CT molecular complexity index is 1550. The molecule has 1 amide bonds. The summed E-state index contributed by atoms with van der Waals surface area (Å²) >= 11 is 0.980. The van der Waals surface area contributed by atoms with Gasteiger partial charge in [-0.2, -0.15) is 0 Å². The van der Waals surface area contributed by atoms with Crippen LogP contribution in [0, 0.1) is 36.7 Å². The molecule has 0 atom stereocenters. The maximum absolute atomic E-state index is 14.3. The van der Waals surface area contributed by atoms with Gasteiger partial charge in [0.15, 0.2) is 5.16 Å². The number of aromatic nitrogens is 2. The smallest absolute Gasteiger partial charge is 0.293 e. The van der Waals surface area contributed by atoms with Crippen molar-refractivity contribution in [2.24, 2.45) is 0 Å². The van der Waals surface area contributed by atoms with Crippen LogP contribution in [0.2, 0.25) is 0 Å². The van der Waals surface area contributed by atoms with E-state index in [1.165, 1.54) is 16.7 Å². The molecular weight excluding hydrogens is 471 g/mol.